The van der Waals surface area contributed by atoms with E-state index in [-0.39, 0.29) is 0 Å². The summed E-state index contributed by atoms with van der Waals surface area (Å²) in [5.41, 5.74) is 8.98. The van der Waals surface area contributed by atoms with E-state index in [0.29, 0.717) is 13.1 Å². The van der Waals surface area contributed by atoms with E-state index in [1.54, 1.807) is 0 Å². The average Bonchev–Trinajstić information content (AvgIpc) is 2.33. The summed E-state index contributed by atoms with van der Waals surface area (Å²) in [6.07, 6.45) is 1.27. The quantitative estimate of drug-likeness (QED) is 0.827. The molecule has 6 heteroatoms. The standard InChI is InChI=1S/C13H21N3O2S/c1-11-3-4-12(9-13(11)14)10-15-5-7-16(8-6-15)19(2,17)18/h3-4,9H,5-8,10,14H2,1-2H3. The first kappa shape index (κ1) is 14.3. The summed E-state index contributed by atoms with van der Waals surface area (Å²) in [5, 5.41) is 0. The van der Waals surface area contributed by atoms with E-state index in [1.165, 1.54) is 16.1 Å². The fourth-order valence-electron chi connectivity index (χ4n) is 2.27. The smallest absolute Gasteiger partial charge is 0.211 e. The minimum absolute atomic E-state index is 0.570. The maximum absolute atomic E-state index is 11.4. The molecule has 2 N–H and O–H groups in total. The Labute approximate surface area is 115 Å². The van der Waals surface area contributed by atoms with Gasteiger partial charge in [-0.3, -0.25) is 4.90 Å². The van der Waals surface area contributed by atoms with E-state index >= 15 is 0 Å². The van der Waals surface area contributed by atoms with Crippen LogP contribution in [0.3, 0.4) is 0 Å². The van der Waals surface area contributed by atoms with E-state index in [9.17, 15) is 8.42 Å². The summed E-state index contributed by atoms with van der Waals surface area (Å²) in [4.78, 5) is 2.26. The van der Waals surface area contributed by atoms with E-state index in [0.717, 1.165) is 30.9 Å². The maximum atomic E-state index is 11.4. The predicted octanol–water partition coefficient (Wildman–Crippen LogP) is 0.654. The van der Waals surface area contributed by atoms with Crippen molar-refractivity contribution in [2.75, 3.05) is 38.2 Å². The molecule has 2 rings (SSSR count). The molecule has 106 valence electrons. The molecule has 1 fully saturated rings. The van der Waals surface area contributed by atoms with Gasteiger partial charge in [0.05, 0.1) is 6.26 Å². The normalized spacial score (nSPS) is 18.6. The number of rotatable bonds is 3. The zero-order valence-electron chi connectivity index (χ0n) is 11.5. The number of benzene rings is 1. The summed E-state index contributed by atoms with van der Waals surface area (Å²) in [7, 11) is -3.05. The molecule has 1 saturated heterocycles. The number of aryl methyl sites for hydroxylation is 1. The number of nitrogens with two attached hydrogens (primary N) is 1. The number of nitrogen functional groups attached to an aromatic ring is 1. The lowest BCUT2D eigenvalue weighted by molar-refractivity contribution is 0.182. The molecule has 0 radical (unpaired) electrons. The van der Waals surface area contributed by atoms with Crippen LogP contribution in [0.15, 0.2) is 18.2 Å². The third-order valence-corrected chi connectivity index (χ3v) is 4.85. The van der Waals surface area contributed by atoms with Gasteiger partial charge in [-0.05, 0) is 24.1 Å². The summed E-state index contributed by atoms with van der Waals surface area (Å²) in [6.45, 7) is 5.48. The number of nitrogens with zero attached hydrogens (tertiary/aromatic N) is 2. The van der Waals surface area contributed by atoms with E-state index < -0.39 is 10.0 Å². The average molecular weight is 283 g/mol. The minimum atomic E-state index is -3.05. The van der Waals surface area contributed by atoms with Crippen molar-refractivity contribution in [3.8, 4) is 0 Å². The third kappa shape index (κ3) is 3.68. The Hall–Kier alpha value is -1.11. The van der Waals surface area contributed by atoms with Gasteiger partial charge in [-0.25, -0.2) is 8.42 Å². The molecule has 0 aromatic heterocycles. The molecule has 0 aliphatic carbocycles. The molecule has 0 bridgehead atoms. The van der Waals surface area contributed by atoms with E-state index in [4.69, 9.17) is 5.73 Å². The second-order valence-electron chi connectivity index (χ2n) is 5.13. The fraction of sp³-hybridized carbons (Fsp3) is 0.538. The summed E-state index contributed by atoms with van der Waals surface area (Å²) in [6, 6.07) is 6.10. The summed E-state index contributed by atoms with van der Waals surface area (Å²) >= 11 is 0. The van der Waals surface area contributed by atoms with Crippen LogP contribution < -0.4 is 5.73 Å². The van der Waals surface area contributed by atoms with Gasteiger partial charge in [0.2, 0.25) is 10.0 Å². The lowest BCUT2D eigenvalue weighted by Crippen LogP contribution is -2.47. The number of hydrogen-bond donors (Lipinski definition) is 1. The SMILES string of the molecule is Cc1ccc(CN2CCN(S(C)(=O)=O)CC2)cc1N. The molecular weight excluding hydrogens is 262 g/mol. The molecule has 19 heavy (non-hydrogen) atoms. The van der Waals surface area contributed by atoms with Crippen LogP contribution in [0.1, 0.15) is 11.1 Å². The Balaban J connectivity index is 1.94. The van der Waals surface area contributed by atoms with Gasteiger partial charge in [-0.2, -0.15) is 4.31 Å². The second-order valence-corrected chi connectivity index (χ2v) is 7.11. The molecule has 0 unspecified atom stereocenters. The second kappa shape index (κ2) is 5.48. The van der Waals surface area contributed by atoms with Crippen molar-refractivity contribution in [2.45, 2.75) is 13.5 Å². The van der Waals surface area contributed by atoms with E-state index in [2.05, 4.69) is 11.0 Å². The highest BCUT2D eigenvalue weighted by molar-refractivity contribution is 7.88. The van der Waals surface area contributed by atoms with Crippen molar-refractivity contribution in [3.63, 3.8) is 0 Å². The monoisotopic (exact) mass is 283 g/mol. The van der Waals surface area contributed by atoms with E-state index in [1.807, 2.05) is 19.1 Å². The predicted molar refractivity (Wildman–Crippen MR) is 77.3 cm³/mol. The van der Waals surface area contributed by atoms with Crippen molar-refractivity contribution >= 4 is 15.7 Å². The lowest BCUT2D eigenvalue weighted by Gasteiger charge is -2.33. The van der Waals surface area contributed by atoms with Gasteiger partial charge in [-0.15, -0.1) is 0 Å². The van der Waals surface area contributed by atoms with Gasteiger partial charge in [0.1, 0.15) is 0 Å². The van der Waals surface area contributed by atoms with Crippen molar-refractivity contribution in [2.24, 2.45) is 0 Å². The van der Waals surface area contributed by atoms with Gasteiger partial charge in [0.15, 0.2) is 0 Å². The molecule has 5 nitrogen and oxygen atoms in total. The van der Waals surface area contributed by atoms with Gasteiger partial charge in [-0.1, -0.05) is 12.1 Å². The first-order valence-corrected chi connectivity index (χ1v) is 8.23. The van der Waals surface area contributed by atoms with Crippen LogP contribution in [-0.4, -0.2) is 50.1 Å². The van der Waals surface area contributed by atoms with Crippen LogP contribution in [0.25, 0.3) is 0 Å². The van der Waals surface area contributed by atoms with Crippen LogP contribution in [-0.2, 0) is 16.6 Å². The summed E-state index contributed by atoms with van der Waals surface area (Å²) in [5.74, 6) is 0. The molecule has 0 spiro atoms. The Kier molecular flexibility index (Phi) is 4.13. The maximum Gasteiger partial charge on any atom is 0.211 e. The molecule has 1 aliphatic heterocycles. The molecule has 1 aromatic rings. The lowest BCUT2D eigenvalue weighted by atomic mass is 10.1. The zero-order valence-corrected chi connectivity index (χ0v) is 12.3. The minimum Gasteiger partial charge on any atom is -0.399 e. The van der Waals surface area contributed by atoms with Crippen molar-refractivity contribution in [1.82, 2.24) is 9.21 Å². The van der Waals surface area contributed by atoms with Crippen LogP contribution in [0, 0.1) is 6.92 Å². The highest BCUT2D eigenvalue weighted by Gasteiger charge is 2.23. The number of anilines is 1. The van der Waals surface area contributed by atoms with Crippen LogP contribution >= 0.6 is 0 Å². The molecule has 1 heterocycles. The molecule has 1 aromatic carbocycles. The largest absolute Gasteiger partial charge is 0.399 e. The zero-order chi connectivity index (χ0) is 14.0. The van der Waals surface area contributed by atoms with Crippen molar-refractivity contribution in [3.05, 3.63) is 29.3 Å². The highest BCUT2D eigenvalue weighted by Crippen LogP contribution is 2.16. The van der Waals surface area contributed by atoms with Gasteiger partial charge in [0.25, 0.3) is 0 Å². The Bertz CT molecular complexity index is 549. The highest BCUT2D eigenvalue weighted by atomic mass is 32.2. The number of piperazine rings is 1. The Morgan fingerprint density at radius 3 is 2.37 bits per heavy atom. The van der Waals surface area contributed by atoms with Crippen LogP contribution in [0.5, 0.6) is 0 Å². The van der Waals surface area contributed by atoms with Gasteiger partial charge < -0.3 is 5.73 Å². The topological polar surface area (TPSA) is 66.6 Å². The van der Waals surface area contributed by atoms with Crippen LogP contribution in [0.2, 0.25) is 0 Å². The van der Waals surface area contributed by atoms with Crippen molar-refractivity contribution < 1.29 is 8.42 Å². The molecule has 0 saturated carbocycles. The van der Waals surface area contributed by atoms with Gasteiger partial charge in [0, 0.05) is 38.4 Å². The summed E-state index contributed by atoms with van der Waals surface area (Å²) < 4.78 is 24.4. The third-order valence-electron chi connectivity index (χ3n) is 3.55. The van der Waals surface area contributed by atoms with Gasteiger partial charge >= 0.3 is 0 Å². The first-order valence-electron chi connectivity index (χ1n) is 6.39. The first-order chi connectivity index (χ1) is 8.86. The van der Waals surface area contributed by atoms with Crippen molar-refractivity contribution in [1.29, 1.82) is 0 Å². The molecule has 1 aliphatic rings. The molecule has 0 atom stereocenters. The molecular formula is C13H21N3O2S. The fourth-order valence-corrected chi connectivity index (χ4v) is 3.09. The number of hydrogen-bond acceptors (Lipinski definition) is 4. The van der Waals surface area contributed by atoms with Crippen LogP contribution in [0.4, 0.5) is 5.69 Å². The number of sulfonamides is 1. The molecule has 0 amide bonds. The Morgan fingerprint density at radius 1 is 1.21 bits per heavy atom. The Morgan fingerprint density at radius 2 is 1.84 bits per heavy atom.